The molecule has 2 rings (SSSR count). The first-order valence-electron chi connectivity index (χ1n) is 6.57. The zero-order chi connectivity index (χ0) is 14.5. The number of ether oxygens (including phenoxy) is 1. The van der Waals surface area contributed by atoms with Crippen LogP contribution in [0.5, 0.6) is 11.5 Å². The summed E-state index contributed by atoms with van der Waals surface area (Å²) in [5.41, 5.74) is 1.14. The van der Waals surface area contributed by atoms with E-state index in [2.05, 4.69) is 0 Å². The first-order chi connectivity index (χ1) is 9.54. The average molecular weight is 289 g/mol. The molecule has 0 N–H and O–H groups in total. The van der Waals surface area contributed by atoms with Crippen LogP contribution in [0, 0.1) is 5.92 Å². The summed E-state index contributed by atoms with van der Waals surface area (Å²) in [5, 5.41) is 0.686. The number of hydrogen-bond acceptors (Lipinski definition) is 2. The highest BCUT2D eigenvalue weighted by Crippen LogP contribution is 2.23. The van der Waals surface area contributed by atoms with Crippen molar-refractivity contribution in [1.82, 2.24) is 0 Å². The van der Waals surface area contributed by atoms with Gasteiger partial charge in [0, 0.05) is 10.9 Å². The molecular formula is C17H17ClO2. The minimum Gasteiger partial charge on any atom is -0.457 e. The van der Waals surface area contributed by atoms with Crippen LogP contribution in [0.25, 0.3) is 0 Å². The van der Waals surface area contributed by atoms with E-state index in [1.807, 2.05) is 43.3 Å². The summed E-state index contributed by atoms with van der Waals surface area (Å²) in [6, 6.07) is 15.0. The molecule has 2 aromatic carbocycles. The fraction of sp³-hybridized carbons (Fsp3) is 0.235. The maximum absolute atomic E-state index is 11.2. The summed E-state index contributed by atoms with van der Waals surface area (Å²) in [6.45, 7) is 3.57. The molecule has 2 nitrogen and oxygen atoms in total. The second-order valence-corrected chi connectivity index (χ2v) is 5.35. The zero-order valence-corrected chi connectivity index (χ0v) is 12.4. The molecule has 20 heavy (non-hydrogen) atoms. The second kappa shape index (κ2) is 6.58. The number of carbonyl (C=O) groups excluding carboxylic acids is 1. The number of ketones is 1. The Balaban J connectivity index is 2.01. The average Bonchev–Trinajstić information content (AvgIpc) is 2.43. The third kappa shape index (κ3) is 4.10. The smallest absolute Gasteiger partial charge is 0.132 e. The summed E-state index contributed by atoms with van der Waals surface area (Å²) in [7, 11) is 0. The standard InChI is InChI=1S/C17H17ClO2/c1-12(13(2)19)11-14-3-7-16(8-4-14)20-17-9-5-15(18)6-10-17/h3-10,12H,11H2,1-2H3. The lowest BCUT2D eigenvalue weighted by atomic mass is 9.98. The van der Waals surface area contributed by atoms with Crippen LogP contribution in [-0.2, 0) is 11.2 Å². The van der Waals surface area contributed by atoms with Crippen molar-refractivity contribution in [2.24, 2.45) is 5.92 Å². The van der Waals surface area contributed by atoms with E-state index in [-0.39, 0.29) is 11.7 Å². The highest BCUT2D eigenvalue weighted by molar-refractivity contribution is 6.30. The monoisotopic (exact) mass is 288 g/mol. The van der Waals surface area contributed by atoms with Crippen LogP contribution in [-0.4, -0.2) is 5.78 Å². The fourth-order valence-electron chi connectivity index (χ4n) is 1.83. The Morgan fingerprint density at radius 1 is 1.05 bits per heavy atom. The minimum absolute atomic E-state index is 0.0537. The van der Waals surface area contributed by atoms with E-state index in [0.29, 0.717) is 5.02 Å². The van der Waals surface area contributed by atoms with Gasteiger partial charge in [-0.2, -0.15) is 0 Å². The van der Waals surface area contributed by atoms with Crippen LogP contribution in [0.2, 0.25) is 5.02 Å². The highest BCUT2D eigenvalue weighted by atomic mass is 35.5. The molecule has 0 radical (unpaired) electrons. The molecule has 0 saturated heterocycles. The van der Waals surface area contributed by atoms with Crippen molar-refractivity contribution in [3.8, 4) is 11.5 Å². The van der Waals surface area contributed by atoms with Crippen LogP contribution in [0.4, 0.5) is 0 Å². The maximum atomic E-state index is 11.2. The highest BCUT2D eigenvalue weighted by Gasteiger charge is 2.08. The van der Waals surface area contributed by atoms with E-state index in [4.69, 9.17) is 16.3 Å². The third-order valence-electron chi connectivity index (χ3n) is 3.21. The predicted molar refractivity (Wildman–Crippen MR) is 81.5 cm³/mol. The van der Waals surface area contributed by atoms with Crippen molar-refractivity contribution in [2.45, 2.75) is 20.3 Å². The Hall–Kier alpha value is -1.80. The van der Waals surface area contributed by atoms with E-state index < -0.39 is 0 Å². The van der Waals surface area contributed by atoms with Gasteiger partial charge >= 0.3 is 0 Å². The van der Waals surface area contributed by atoms with Crippen molar-refractivity contribution in [1.29, 1.82) is 0 Å². The molecule has 1 unspecified atom stereocenters. The molecule has 0 spiro atoms. The van der Waals surface area contributed by atoms with Gasteiger partial charge in [-0.25, -0.2) is 0 Å². The molecule has 0 heterocycles. The predicted octanol–water partition coefficient (Wildman–Crippen LogP) is 4.90. The third-order valence-corrected chi connectivity index (χ3v) is 3.46. The minimum atomic E-state index is 0.0537. The van der Waals surface area contributed by atoms with E-state index in [9.17, 15) is 4.79 Å². The van der Waals surface area contributed by atoms with Gasteiger partial charge in [-0.05, 0) is 55.3 Å². The topological polar surface area (TPSA) is 26.3 Å². The van der Waals surface area contributed by atoms with Gasteiger partial charge in [0.2, 0.25) is 0 Å². The Kier molecular flexibility index (Phi) is 4.80. The Labute approximate surface area is 124 Å². The number of Topliss-reactive ketones (excluding diaryl/α,β-unsaturated/α-hetero) is 1. The molecule has 0 amide bonds. The van der Waals surface area contributed by atoms with Crippen molar-refractivity contribution in [3.05, 3.63) is 59.1 Å². The van der Waals surface area contributed by atoms with Gasteiger partial charge in [-0.3, -0.25) is 4.79 Å². The molecule has 0 bridgehead atoms. The van der Waals surface area contributed by atoms with Crippen molar-refractivity contribution < 1.29 is 9.53 Å². The molecule has 0 fully saturated rings. The first-order valence-corrected chi connectivity index (χ1v) is 6.95. The molecule has 0 aliphatic heterocycles. The number of halogens is 1. The zero-order valence-electron chi connectivity index (χ0n) is 11.6. The summed E-state index contributed by atoms with van der Waals surface area (Å²) in [6.07, 6.45) is 0.760. The fourth-order valence-corrected chi connectivity index (χ4v) is 1.96. The number of carbonyl (C=O) groups is 1. The lowest BCUT2D eigenvalue weighted by Crippen LogP contribution is -2.09. The Morgan fingerprint density at radius 3 is 2.05 bits per heavy atom. The molecule has 104 valence electrons. The molecule has 0 aliphatic carbocycles. The normalized spacial score (nSPS) is 11.9. The van der Waals surface area contributed by atoms with E-state index in [1.165, 1.54) is 0 Å². The number of benzene rings is 2. The van der Waals surface area contributed by atoms with Gasteiger partial charge in [0.1, 0.15) is 17.3 Å². The second-order valence-electron chi connectivity index (χ2n) is 4.92. The van der Waals surface area contributed by atoms with Crippen LogP contribution >= 0.6 is 11.6 Å². The van der Waals surface area contributed by atoms with Crippen molar-refractivity contribution in [3.63, 3.8) is 0 Å². The molecule has 0 saturated carbocycles. The number of rotatable bonds is 5. The number of hydrogen-bond donors (Lipinski definition) is 0. The van der Waals surface area contributed by atoms with Gasteiger partial charge in [0.25, 0.3) is 0 Å². The van der Waals surface area contributed by atoms with E-state index >= 15 is 0 Å². The van der Waals surface area contributed by atoms with E-state index in [0.717, 1.165) is 23.5 Å². The van der Waals surface area contributed by atoms with Gasteiger partial charge in [0.15, 0.2) is 0 Å². The van der Waals surface area contributed by atoms with Crippen LogP contribution in [0.1, 0.15) is 19.4 Å². The van der Waals surface area contributed by atoms with Crippen LogP contribution in [0.3, 0.4) is 0 Å². The lowest BCUT2D eigenvalue weighted by molar-refractivity contribution is -0.120. The van der Waals surface area contributed by atoms with Gasteiger partial charge in [-0.15, -0.1) is 0 Å². The molecule has 3 heteroatoms. The summed E-state index contributed by atoms with van der Waals surface area (Å²) in [4.78, 5) is 11.2. The van der Waals surface area contributed by atoms with E-state index in [1.54, 1.807) is 19.1 Å². The van der Waals surface area contributed by atoms with Gasteiger partial charge in [-0.1, -0.05) is 30.7 Å². The first kappa shape index (κ1) is 14.6. The largest absolute Gasteiger partial charge is 0.457 e. The lowest BCUT2D eigenvalue weighted by Gasteiger charge is -2.09. The SMILES string of the molecule is CC(=O)C(C)Cc1ccc(Oc2ccc(Cl)cc2)cc1. The summed E-state index contributed by atoms with van der Waals surface area (Å²) >= 11 is 5.83. The summed E-state index contributed by atoms with van der Waals surface area (Å²) < 4.78 is 5.72. The van der Waals surface area contributed by atoms with Gasteiger partial charge < -0.3 is 4.74 Å². The maximum Gasteiger partial charge on any atom is 0.132 e. The molecule has 2 aromatic rings. The van der Waals surface area contributed by atoms with Crippen LogP contribution in [0.15, 0.2) is 48.5 Å². The summed E-state index contributed by atoms with van der Waals surface area (Å²) in [5.74, 6) is 1.79. The van der Waals surface area contributed by atoms with Gasteiger partial charge in [0.05, 0.1) is 0 Å². The Bertz CT molecular complexity index is 573. The van der Waals surface area contributed by atoms with Crippen molar-refractivity contribution in [2.75, 3.05) is 0 Å². The van der Waals surface area contributed by atoms with Crippen molar-refractivity contribution >= 4 is 17.4 Å². The molecular weight excluding hydrogens is 272 g/mol. The molecule has 0 aliphatic rings. The quantitative estimate of drug-likeness (QED) is 0.782. The Morgan fingerprint density at radius 2 is 1.55 bits per heavy atom. The molecule has 1 atom stereocenters. The molecule has 0 aromatic heterocycles. The van der Waals surface area contributed by atoms with Crippen LogP contribution < -0.4 is 4.74 Å².